The van der Waals surface area contributed by atoms with E-state index in [1.54, 1.807) is 0 Å². The van der Waals surface area contributed by atoms with E-state index in [9.17, 15) is 28.7 Å². The lowest BCUT2D eigenvalue weighted by Crippen LogP contribution is -2.58. The molecule has 146 valence electrons. The number of aromatic amines is 1. The topological polar surface area (TPSA) is 157 Å². The van der Waals surface area contributed by atoms with Gasteiger partial charge in [-0.25, -0.2) is 9.18 Å². The van der Waals surface area contributed by atoms with E-state index in [2.05, 4.69) is 20.8 Å². The zero-order chi connectivity index (χ0) is 19.7. The van der Waals surface area contributed by atoms with Crippen LogP contribution in [0.3, 0.4) is 0 Å². The highest BCUT2D eigenvalue weighted by atomic mass is 19.1. The number of aryl methyl sites for hydroxylation is 1. The maximum Gasteiger partial charge on any atom is 0.322 e. The number of aromatic hydroxyl groups is 1. The van der Waals surface area contributed by atoms with Gasteiger partial charge in [0.1, 0.15) is 17.9 Å². The van der Waals surface area contributed by atoms with Crippen LogP contribution in [0.5, 0.6) is 5.75 Å². The van der Waals surface area contributed by atoms with Crippen LogP contribution in [0.4, 0.5) is 9.18 Å². The first kappa shape index (κ1) is 18.6. The molecule has 0 radical (unpaired) electrons. The van der Waals surface area contributed by atoms with Crippen molar-refractivity contribution in [2.75, 3.05) is 13.1 Å². The van der Waals surface area contributed by atoms with E-state index >= 15 is 0 Å². The number of carbonyl (C=O) groups is 4. The van der Waals surface area contributed by atoms with Crippen LogP contribution in [0.1, 0.15) is 29.0 Å². The molecule has 3 rings (SSSR count). The van der Waals surface area contributed by atoms with Crippen LogP contribution in [-0.4, -0.2) is 75.3 Å². The number of nitrogens with one attached hydrogen (secondary N) is 4. The van der Waals surface area contributed by atoms with Crippen LogP contribution >= 0.6 is 0 Å². The molecule has 11 nitrogen and oxygen atoms in total. The normalized spacial score (nSPS) is 25.1. The van der Waals surface area contributed by atoms with Gasteiger partial charge in [0.25, 0.3) is 5.91 Å². The first-order valence-electron chi connectivity index (χ1n) is 8.33. The lowest BCUT2D eigenvalue weighted by Gasteiger charge is -2.26. The number of rotatable bonds is 4. The molecule has 3 atom stereocenters. The van der Waals surface area contributed by atoms with Crippen LogP contribution in [0.25, 0.3) is 0 Å². The first-order valence-corrected chi connectivity index (χ1v) is 8.33. The minimum absolute atomic E-state index is 0.0113. The summed E-state index contributed by atoms with van der Waals surface area (Å²) in [6, 6.07) is -2.44. The lowest BCUT2D eigenvalue weighted by molar-refractivity contribution is -0.128. The molecular weight excluding hydrogens is 363 g/mol. The zero-order valence-electron chi connectivity index (χ0n) is 14.4. The molecule has 0 saturated carbocycles. The van der Waals surface area contributed by atoms with Gasteiger partial charge in [-0.1, -0.05) is 0 Å². The minimum atomic E-state index is -1.28. The molecule has 0 bridgehead atoms. The van der Waals surface area contributed by atoms with Gasteiger partial charge in [-0.15, -0.1) is 0 Å². The van der Waals surface area contributed by atoms with Gasteiger partial charge in [0, 0.05) is 13.0 Å². The molecule has 0 aromatic carbocycles. The average molecular weight is 382 g/mol. The van der Waals surface area contributed by atoms with Crippen LogP contribution in [0.2, 0.25) is 0 Å². The average Bonchev–Trinajstić information content (AvgIpc) is 3.14. The van der Waals surface area contributed by atoms with Crippen molar-refractivity contribution in [3.63, 3.8) is 0 Å². The van der Waals surface area contributed by atoms with Crippen molar-refractivity contribution in [2.45, 2.75) is 38.0 Å². The molecule has 5 N–H and O–H groups in total. The predicted octanol–water partition coefficient (Wildman–Crippen LogP) is -1.31. The molecule has 1 aromatic heterocycles. The zero-order valence-corrected chi connectivity index (χ0v) is 14.4. The molecule has 0 unspecified atom stereocenters. The smallest absolute Gasteiger partial charge is 0.322 e. The number of nitrogens with zero attached hydrogens (tertiary/aromatic N) is 2. The SMILES string of the molecule is Cc1n[nH]c(C(=O)N2C[C@@H](F)C[C@H]2CNC(=O)[C@@H]2CC(=O)NC(=O)N2)c1O. The number of aromatic nitrogens is 2. The quantitative estimate of drug-likeness (QED) is 0.435. The molecule has 5 amide bonds. The Kier molecular flexibility index (Phi) is 4.97. The summed E-state index contributed by atoms with van der Waals surface area (Å²) in [4.78, 5) is 48.6. The molecule has 2 saturated heterocycles. The Bertz CT molecular complexity index is 780. The van der Waals surface area contributed by atoms with Crippen molar-refractivity contribution in [3.05, 3.63) is 11.4 Å². The number of halogens is 1. The molecule has 3 heterocycles. The number of amides is 5. The molecule has 12 heteroatoms. The van der Waals surface area contributed by atoms with E-state index in [1.807, 2.05) is 5.32 Å². The van der Waals surface area contributed by atoms with Gasteiger partial charge in [0.05, 0.1) is 19.0 Å². The van der Waals surface area contributed by atoms with Gasteiger partial charge < -0.3 is 20.6 Å². The minimum Gasteiger partial charge on any atom is -0.504 e. The third kappa shape index (κ3) is 3.83. The summed E-state index contributed by atoms with van der Waals surface area (Å²) < 4.78 is 13.9. The number of hydrogen-bond acceptors (Lipinski definition) is 6. The van der Waals surface area contributed by atoms with Crippen molar-refractivity contribution in [1.82, 2.24) is 31.0 Å². The highest BCUT2D eigenvalue weighted by Crippen LogP contribution is 2.26. The van der Waals surface area contributed by atoms with Crippen molar-refractivity contribution in [2.24, 2.45) is 0 Å². The second kappa shape index (κ2) is 7.21. The molecule has 1 aromatic rings. The number of H-pyrrole nitrogens is 1. The van der Waals surface area contributed by atoms with Gasteiger partial charge in [-0.05, 0) is 6.92 Å². The van der Waals surface area contributed by atoms with Gasteiger partial charge in [-0.2, -0.15) is 5.10 Å². The Morgan fingerprint density at radius 1 is 1.41 bits per heavy atom. The summed E-state index contributed by atoms with van der Waals surface area (Å²) in [6.45, 7) is 1.27. The van der Waals surface area contributed by atoms with Crippen LogP contribution < -0.4 is 16.0 Å². The number of alkyl halides is 1. The van der Waals surface area contributed by atoms with E-state index in [-0.39, 0.29) is 43.1 Å². The molecule has 2 aliphatic heterocycles. The van der Waals surface area contributed by atoms with Crippen molar-refractivity contribution in [1.29, 1.82) is 0 Å². The fourth-order valence-corrected chi connectivity index (χ4v) is 3.13. The number of likely N-dealkylation sites (tertiary alicyclic amines) is 1. The number of carbonyl (C=O) groups excluding carboxylic acids is 4. The molecule has 0 spiro atoms. The molecule has 2 aliphatic rings. The van der Waals surface area contributed by atoms with E-state index < -0.39 is 42.0 Å². The highest BCUT2D eigenvalue weighted by Gasteiger charge is 2.38. The summed E-state index contributed by atoms with van der Waals surface area (Å²) in [7, 11) is 0. The van der Waals surface area contributed by atoms with E-state index in [0.717, 1.165) is 0 Å². The fraction of sp³-hybridized carbons (Fsp3) is 0.533. The summed E-state index contributed by atoms with van der Waals surface area (Å²) in [6.07, 6.45) is -1.47. The Labute approximate surface area is 152 Å². The largest absolute Gasteiger partial charge is 0.504 e. The Balaban J connectivity index is 1.63. The third-order valence-corrected chi connectivity index (χ3v) is 4.53. The maximum atomic E-state index is 13.9. The predicted molar refractivity (Wildman–Crippen MR) is 87.4 cm³/mol. The summed E-state index contributed by atoms with van der Waals surface area (Å²) >= 11 is 0. The summed E-state index contributed by atoms with van der Waals surface area (Å²) in [5.41, 5.74) is 0.0969. The van der Waals surface area contributed by atoms with Crippen molar-refractivity contribution < 1.29 is 28.7 Å². The molecule has 2 fully saturated rings. The number of hydrogen-bond donors (Lipinski definition) is 5. The highest BCUT2D eigenvalue weighted by molar-refractivity contribution is 6.02. The molecule has 27 heavy (non-hydrogen) atoms. The van der Waals surface area contributed by atoms with Crippen LogP contribution in [0.15, 0.2) is 0 Å². The summed E-state index contributed by atoms with van der Waals surface area (Å²) in [5.74, 6) is -2.11. The molecular formula is C15H19FN6O5. The lowest BCUT2D eigenvalue weighted by atomic mass is 10.1. The van der Waals surface area contributed by atoms with Crippen molar-refractivity contribution >= 4 is 23.8 Å². The summed E-state index contributed by atoms with van der Waals surface area (Å²) in [5, 5.41) is 22.9. The fourth-order valence-electron chi connectivity index (χ4n) is 3.13. The number of imide groups is 1. The van der Waals surface area contributed by atoms with Crippen molar-refractivity contribution in [3.8, 4) is 5.75 Å². The second-order valence-electron chi connectivity index (χ2n) is 6.50. The standard InChI is InChI=1S/C15H19FN6O5/c1-6-12(24)11(21-20-6)14(26)22-5-7(16)2-8(22)4-17-13(25)9-3-10(23)19-15(27)18-9/h7-9,24H,2-5H2,1H3,(H,17,25)(H,20,21)(H2,18,19,23,27)/t7-,8-,9-/m0/s1. The second-order valence-corrected chi connectivity index (χ2v) is 6.50. The third-order valence-electron chi connectivity index (χ3n) is 4.53. The van der Waals surface area contributed by atoms with Gasteiger partial charge in [-0.3, -0.25) is 24.8 Å². The van der Waals surface area contributed by atoms with Gasteiger partial charge >= 0.3 is 6.03 Å². The Morgan fingerprint density at radius 3 is 2.78 bits per heavy atom. The Morgan fingerprint density at radius 2 is 2.15 bits per heavy atom. The van der Waals surface area contributed by atoms with Gasteiger partial charge in [0.15, 0.2) is 11.4 Å². The monoisotopic (exact) mass is 382 g/mol. The van der Waals surface area contributed by atoms with E-state index in [4.69, 9.17) is 0 Å². The number of urea groups is 1. The van der Waals surface area contributed by atoms with Gasteiger partial charge in [0.2, 0.25) is 11.8 Å². The Hall–Kier alpha value is -3.18. The van der Waals surface area contributed by atoms with E-state index in [1.165, 1.54) is 11.8 Å². The van der Waals surface area contributed by atoms with Crippen LogP contribution in [-0.2, 0) is 9.59 Å². The molecule has 0 aliphatic carbocycles. The maximum absolute atomic E-state index is 13.9. The first-order chi connectivity index (χ1) is 12.8. The van der Waals surface area contributed by atoms with Crippen LogP contribution in [0, 0.1) is 6.92 Å². The van der Waals surface area contributed by atoms with E-state index in [0.29, 0.717) is 0 Å².